The van der Waals surface area contributed by atoms with E-state index in [9.17, 15) is 158 Å². The van der Waals surface area contributed by atoms with Crippen molar-refractivity contribution in [2.75, 3.05) is 26.4 Å². The van der Waals surface area contributed by atoms with Crippen molar-refractivity contribution in [3.63, 3.8) is 0 Å². The summed E-state index contributed by atoms with van der Waals surface area (Å²) in [5, 5.41) is 182. The van der Waals surface area contributed by atoms with Gasteiger partial charge in [0.05, 0.1) is 26.4 Å². The summed E-state index contributed by atoms with van der Waals surface area (Å²) < 4.78 is 46.4. The molecular weight excluding hydrogens is 1670 g/mol. The number of amides is 12. The number of hydrogen-bond acceptors (Lipinski definition) is 36. The number of carbonyl (C=O) groups is 17. The monoisotopic (exact) mass is 1790 g/mol. The molecule has 4 rings (SSSR count). The Balaban J connectivity index is 1.35. The molecule has 124 heavy (non-hydrogen) atoms. The van der Waals surface area contributed by atoms with E-state index in [0.29, 0.717) is 0 Å². The maximum atomic E-state index is 13.8. The Kier molecular flexibility index (Phi) is 43.3. The highest BCUT2D eigenvalue weighted by Gasteiger charge is 2.56. The Morgan fingerprint density at radius 3 is 0.935 bits per heavy atom. The molecular formula is C71H115N13O40. The van der Waals surface area contributed by atoms with Crippen LogP contribution in [-0.2, 0) is 119 Å². The minimum atomic E-state index is -1.99. The normalized spacial score (nSPS) is 28.8. The van der Waals surface area contributed by atoms with Gasteiger partial charge in [-0.15, -0.1) is 0 Å². The van der Waals surface area contributed by atoms with Gasteiger partial charge in [-0.05, 0) is 86.0 Å². The molecule has 0 spiro atoms. The van der Waals surface area contributed by atoms with Gasteiger partial charge in [-0.25, -0.2) is 19.2 Å². The quantitative estimate of drug-likeness (QED) is 0.0269. The Bertz CT molecular complexity index is 3690. The molecule has 31 atom stereocenters. The molecule has 4 aliphatic rings. The molecule has 0 aromatic carbocycles. The van der Waals surface area contributed by atoms with Crippen LogP contribution in [0, 0.1) is 0 Å². The standard InChI is InChI=1S/C71H115N13O40/c1-24(73-60(102)27(4)117-55-47(78-31(8)91)68(115)119-41(22-87)53(55)123-70-45(76-29(6)89)51(97)49(95)39(20-85)121-70)57(99)83-37(66(111)112)16-18-43(93)80-34(13-10-12-33(72)63(105)106)62(104)75-26(3)59(101)82-36(65(109)110)15-11-14-35(64(107)108)81-44(94)19-17-38(67(113)114)84-58(100)25(2)74-61(103)28(5)118-56-48(79-32(9)92)69(116)120-42(23-88)54(56)124-71-46(77-30(7)90)52(98)50(96)40(21-86)122-71/h24-28,33-42,45-56,68-71,85-88,95-98,115-116H,10-23,72H2,1-9H3,(H,73,102)(H,74,103)(H,75,104)(H,76,89)(H,77,90)(H,78,91)(H,79,92)(H,80,93)(H,81,94)(H,82,101)(H,83,99)(H,84,100)(H,105,106)(H,107,108)(H,109,110)(H,111,112)(H,113,114). The second-order valence-corrected chi connectivity index (χ2v) is 29.9. The number of carboxylic acids is 5. The van der Waals surface area contributed by atoms with E-state index in [1.54, 1.807) is 0 Å². The number of nitrogens with two attached hydrogens (primary N) is 1. The lowest BCUT2D eigenvalue weighted by Gasteiger charge is -2.48. The van der Waals surface area contributed by atoms with Gasteiger partial charge in [0.2, 0.25) is 70.9 Å². The highest BCUT2D eigenvalue weighted by atomic mass is 16.7. The SMILES string of the molecule is CC(=O)NC1C(OC2C(CO)OC(O)C(NC(C)=O)C2OC(C)C(=O)NC(C)C(=O)NC(CCC(=O)NC(CCCC(NC(=O)C(C)NC(=O)C(CCCC(N)C(=O)O)NC(=O)CCC(NC(=O)C(C)NC(=O)C(C)OC2C(NC(C)=O)C(O)OC(CO)C2OC2OC(CO)C(O)C(O)C2NC(C)=O)C(=O)O)C(=O)O)C(=O)O)C(=O)O)OC(CO)C(O)C1O. The van der Waals surface area contributed by atoms with E-state index < -0.39 is 355 Å². The van der Waals surface area contributed by atoms with Gasteiger partial charge in [0.1, 0.15) is 164 Å². The van der Waals surface area contributed by atoms with Crippen molar-refractivity contribution in [1.29, 1.82) is 0 Å². The third-order valence-corrected chi connectivity index (χ3v) is 20.0. The third-order valence-electron chi connectivity index (χ3n) is 20.0. The fourth-order valence-corrected chi connectivity index (χ4v) is 13.3. The summed E-state index contributed by atoms with van der Waals surface area (Å²) in [4.78, 5) is 219. The van der Waals surface area contributed by atoms with Crippen LogP contribution < -0.4 is 69.5 Å². The van der Waals surface area contributed by atoms with Gasteiger partial charge in [0, 0.05) is 40.5 Å². The molecule has 0 bridgehead atoms. The van der Waals surface area contributed by atoms with Gasteiger partial charge in [0.25, 0.3) is 0 Å². The predicted octanol–water partition coefficient (Wildman–Crippen LogP) is -13.8. The first-order valence-electron chi connectivity index (χ1n) is 39.2. The number of nitrogens with one attached hydrogen (secondary N) is 12. The molecule has 704 valence electrons. The van der Waals surface area contributed by atoms with Gasteiger partial charge >= 0.3 is 29.8 Å². The number of rotatable bonds is 49. The molecule has 0 radical (unpaired) electrons. The van der Waals surface area contributed by atoms with Crippen LogP contribution in [0.4, 0.5) is 0 Å². The minimum absolute atomic E-state index is 0.188. The Hall–Kier alpha value is -9.77. The Morgan fingerprint density at radius 1 is 0.331 bits per heavy atom. The molecule has 0 aromatic heterocycles. The number of ether oxygens (including phenoxy) is 8. The third kappa shape index (κ3) is 32.0. The Morgan fingerprint density at radius 2 is 0.621 bits per heavy atom. The number of aliphatic hydroxyl groups excluding tert-OH is 10. The zero-order valence-corrected chi connectivity index (χ0v) is 68.8. The highest BCUT2D eigenvalue weighted by Crippen LogP contribution is 2.34. The summed E-state index contributed by atoms with van der Waals surface area (Å²) in [7, 11) is 0. The zero-order chi connectivity index (χ0) is 93.8. The van der Waals surface area contributed by atoms with E-state index in [0.717, 1.165) is 62.3 Å². The predicted molar refractivity (Wildman–Crippen MR) is 405 cm³/mol. The number of carbonyl (C=O) groups excluding carboxylic acids is 12. The first kappa shape index (κ1) is 107. The second kappa shape index (κ2) is 50.4. The van der Waals surface area contributed by atoms with Crippen molar-refractivity contribution < 1.29 is 196 Å². The maximum absolute atomic E-state index is 13.8. The van der Waals surface area contributed by atoms with E-state index in [2.05, 4.69) is 63.8 Å². The fraction of sp³-hybridized carbons (Fsp3) is 0.761. The molecule has 4 heterocycles. The second-order valence-electron chi connectivity index (χ2n) is 29.9. The van der Waals surface area contributed by atoms with Crippen LogP contribution in [-0.4, -0.2) is 393 Å². The van der Waals surface area contributed by atoms with E-state index in [1.165, 1.54) is 0 Å². The van der Waals surface area contributed by atoms with Crippen LogP contribution in [0.15, 0.2) is 0 Å². The molecule has 53 nitrogen and oxygen atoms in total. The maximum Gasteiger partial charge on any atom is 0.326 e. The highest BCUT2D eigenvalue weighted by molar-refractivity contribution is 5.95. The summed E-state index contributed by atoms with van der Waals surface area (Å²) in [5.74, 6) is -20.4. The van der Waals surface area contributed by atoms with Gasteiger partial charge < -0.3 is 184 Å². The summed E-state index contributed by atoms with van der Waals surface area (Å²) in [5.41, 5.74) is 5.64. The molecule has 4 fully saturated rings. The van der Waals surface area contributed by atoms with Crippen LogP contribution >= 0.6 is 0 Å². The van der Waals surface area contributed by atoms with Gasteiger partial charge in [-0.1, -0.05) is 0 Å². The largest absolute Gasteiger partial charge is 0.480 e. The zero-order valence-electron chi connectivity index (χ0n) is 68.8. The summed E-state index contributed by atoms with van der Waals surface area (Å²) in [6.07, 6.45) is -36.6. The first-order valence-corrected chi connectivity index (χ1v) is 39.2. The average molecular weight is 1790 g/mol. The van der Waals surface area contributed by atoms with Gasteiger partial charge in [-0.3, -0.25) is 62.3 Å². The minimum Gasteiger partial charge on any atom is -0.480 e. The van der Waals surface area contributed by atoms with Gasteiger partial charge in [-0.2, -0.15) is 0 Å². The lowest BCUT2D eigenvalue weighted by molar-refractivity contribution is -0.333. The number of aliphatic hydroxyl groups is 10. The van der Waals surface area contributed by atoms with E-state index in [-0.39, 0.29) is 25.7 Å². The van der Waals surface area contributed by atoms with E-state index >= 15 is 0 Å². The molecule has 53 heteroatoms. The molecule has 0 saturated carbocycles. The van der Waals surface area contributed by atoms with E-state index in [4.69, 9.17) is 43.6 Å². The molecule has 12 amide bonds. The van der Waals surface area contributed by atoms with Crippen LogP contribution in [0.25, 0.3) is 0 Å². The van der Waals surface area contributed by atoms with Crippen LogP contribution in [0.5, 0.6) is 0 Å². The van der Waals surface area contributed by atoms with Crippen molar-refractivity contribution in [1.82, 2.24) is 63.8 Å². The van der Waals surface area contributed by atoms with Crippen LogP contribution in [0.3, 0.4) is 0 Å². The first-order chi connectivity index (χ1) is 58.0. The summed E-state index contributed by atoms with van der Waals surface area (Å²) >= 11 is 0. The molecule has 0 aromatic rings. The molecule has 4 saturated heterocycles. The van der Waals surface area contributed by atoms with Gasteiger partial charge in [0.15, 0.2) is 25.2 Å². The van der Waals surface area contributed by atoms with Crippen molar-refractivity contribution >= 4 is 101 Å². The van der Waals surface area contributed by atoms with Crippen molar-refractivity contribution in [2.45, 2.75) is 316 Å². The van der Waals surface area contributed by atoms with Crippen LogP contribution in [0.1, 0.15) is 127 Å². The molecule has 4 aliphatic heterocycles. The van der Waals surface area contributed by atoms with Crippen molar-refractivity contribution in [3.8, 4) is 0 Å². The smallest absolute Gasteiger partial charge is 0.326 e. The average Bonchev–Trinajstić information content (AvgIpc) is 0.776. The molecule has 0 aliphatic carbocycles. The lowest BCUT2D eigenvalue weighted by atomic mass is 9.94. The number of hydrogen-bond donors (Lipinski definition) is 28. The van der Waals surface area contributed by atoms with Crippen LogP contribution in [0.2, 0.25) is 0 Å². The Labute approximate surface area is 706 Å². The summed E-state index contributed by atoms with van der Waals surface area (Å²) in [6.45, 7) is 5.93. The number of carboxylic acid groups (broad SMARTS) is 5. The topological polar surface area (TPSA) is 838 Å². The fourth-order valence-electron chi connectivity index (χ4n) is 13.3. The lowest BCUT2D eigenvalue weighted by Crippen LogP contribution is -2.70. The molecule has 31 unspecified atom stereocenters. The van der Waals surface area contributed by atoms with Crippen molar-refractivity contribution in [2.24, 2.45) is 5.73 Å². The summed E-state index contributed by atoms with van der Waals surface area (Å²) in [6, 6.07) is -21.9. The van der Waals surface area contributed by atoms with Crippen molar-refractivity contribution in [3.05, 3.63) is 0 Å². The van der Waals surface area contributed by atoms with E-state index in [1.807, 2.05) is 0 Å². The molecule has 29 N–H and O–H groups in total. The number of aliphatic carboxylic acids is 5.